The van der Waals surface area contributed by atoms with Gasteiger partial charge in [0.1, 0.15) is 0 Å². The van der Waals surface area contributed by atoms with Gasteiger partial charge in [-0.25, -0.2) is 9.59 Å². The zero-order chi connectivity index (χ0) is 21.4. The number of rotatable bonds is 6. The lowest BCUT2D eigenvalue weighted by molar-refractivity contribution is 0.245. The first-order chi connectivity index (χ1) is 15.0. The molecule has 0 aromatic heterocycles. The Balaban J connectivity index is 1.09. The van der Waals surface area contributed by atoms with Crippen molar-refractivity contribution >= 4 is 23.4 Å². The monoisotopic (exact) mass is 424 g/mol. The summed E-state index contributed by atoms with van der Waals surface area (Å²) in [5.74, 6) is 4.66. The fourth-order valence-corrected chi connectivity index (χ4v) is 6.88. The molecule has 0 aliphatic heterocycles. The second-order valence-electron chi connectivity index (χ2n) is 10.6. The maximum absolute atomic E-state index is 12.5. The highest BCUT2D eigenvalue weighted by Gasteiger charge is 2.40. The lowest BCUT2D eigenvalue weighted by atomic mass is 9.89. The molecular weight excluding hydrogens is 388 g/mol. The summed E-state index contributed by atoms with van der Waals surface area (Å²) < 4.78 is 0. The number of carbonyl (C=O) groups is 2. The molecule has 0 heterocycles. The Hall–Kier alpha value is -2.24. The van der Waals surface area contributed by atoms with E-state index in [1.54, 1.807) is 0 Å². The van der Waals surface area contributed by atoms with Crippen LogP contribution in [0.1, 0.15) is 56.9 Å². The molecule has 0 unspecified atom stereocenters. The van der Waals surface area contributed by atoms with Gasteiger partial charge in [-0.05, 0) is 98.7 Å². The van der Waals surface area contributed by atoms with Gasteiger partial charge in [0.05, 0.1) is 0 Å². The third-order valence-corrected chi connectivity index (χ3v) is 8.56. The van der Waals surface area contributed by atoms with Gasteiger partial charge in [-0.3, -0.25) is 0 Å². The van der Waals surface area contributed by atoms with Crippen LogP contribution in [0.25, 0.3) is 0 Å². The molecule has 4 fully saturated rings. The molecule has 4 bridgehead atoms. The van der Waals surface area contributed by atoms with Crippen molar-refractivity contribution in [2.24, 2.45) is 35.5 Å². The van der Waals surface area contributed by atoms with Crippen LogP contribution in [0.15, 0.2) is 18.2 Å². The van der Waals surface area contributed by atoms with E-state index in [1.807, 2.05) is 25.1 Å². The van der Waals surface area contributed by atoms with E-state index < -0.39 is 0 Å². The van der Waals surface area contributed by atoms with Gasteiger partial charge in [0.25, 0.3) is 0 Å². The Morgan fingerprint density at radius 3 is 1.90 bits per heavy atom. The van der Waals surface area contributed by atoms with Gasteiger partial charge in [-0.2, -0.15) is 0 Å². The summed E-state index contributed by atoms with van der Waals surface area (Å²) in [6.45, 7) is 3.48. The molecule has 0 saturated heterocycles. The Labute approximate surface area is 185 Å². The van der Waals surface area contributed by atoms with E-state index in [0.29, 0.717) is 17.5 Å². The largest absolute Gasteiger partial charge is 0.338 e. The topological polar surface area (TPSA) is 82.3 Å². The lowest BCUT2D eigenvalue weighted by Gasteiger charge is -2.22. The molecule has 31 heavy (non-hydrogen) atoms. The molecule has 1 aromatic carbocycles. The van der Waals surface area contributed by atoms with Gasteiger partial charge < -0.3 is 21.3 Å². The molecule has 0 spiro atoms. The van der Waals surface area contributed by atoms with Crippen molar-refractivity contribution in [1.82, 2.24) is 10.6 Å². The molecule has 4 aliphatic rings. The number of hydrogen-bond donors (Lipinski definition) is 4. The first kappa shape index (κ1) is 20.7. The van der Waals surface area contributed by atoms with Gasteiger partial charge in [0.15, 0.2) is 0 Å². The second kappa shape index (κ2) is 8.71. The van der Waals surface area contributed by atoms with E-state index in [1.165, 1.54) is 51.4 Å². The molecule has 4 aliphatic carbocycles. The molecule has 168 valence electrons. The first-order valence-electron chi connectivity index (χ1n) is 12.2. The van der Waals surface area contributed by atoms with E-state index in [2.05, 4.69) is 21.3 Å². The highest BCUT2D eigenvalue weighted by Crippen LogP contribution is 2.48. The zero-order valence-corrected chi connectivity index (χ0v) is 18.6. The number of aryl methyl sites for hydroxylation is 1. The summed E-state index contributed by atoms with van der Waals surface area (Å²) in [4.78, 5) is 24.8. The highest BCUT2D eigenvalue weighted by atomic mass is 16.2. The summed E-state index contributed by atoms with van der Waals surface area (Å²) >= 11 is 0. The number of hydrogen-bond acceptors (Lipinski definition) is 2. The quantitative estimate of drug-likeness (QED) is 0.512. The number of carbonyl (C=O) groups excluding carboxylic acids is 2. The number of urea groups is 2. The Bertz CT molecular complexity index is 841. The Morgan fingerprint density at radius 1 is 0.806 bits per heavy atom. The van der Waals surface area contributed by atoms with Gasteiger partial charge in [-0.1, -0.05) is 18.9 Å². The van der Waals surface area contributed by atoms with E-state index in [0.717, 1.165) is 48.0 Å². The summed E-state index contributed by atoms with van der Waals surface area (Å²) in [6.07, 6.45) is 10.6. The van der Waals surface area contributed by atoms with Gasteiger partial charge in [0, 0.05) is 24.5 Å². The maximum Gasteiger partial charge on any atom is 0.319 e. The minimum absolute atomic E-state index is 0.163. The SMILES string of the molecule is Cc1ccc(NC(=O)NC[C@@H]2C[C@@H]3CC[C@@H]2C3)cc1NC(=O)NC[C@H]1C[C@H]2CC[C@@H]1C2. The first-order valence-corrected chi connectivity index (χ1v) is 12.2. The predicted octanol–water partition coefficient (Wildman–Crippen LogP) is 5.11. The van der Waals surface area contributed by atoms with Crippen LogP contribution in [0, 0.1) is 42.4 Å². The molecule has 6 heteroatoms. The minimum atomic E-state index is -0.168. The van der Waals surface area contributed by atoms with E-state index in [4.69, 9.17) is 0 Å². The van der Waals surface area contributed by atoms with Crippen molar-refractivity contribution in [2.75, 3.05) is 23.7 Å². The summed E-state index contributed by atoms with van der Waals surface area (Å²) in [7, 11) is 0. The Kier molecular flexibility index (Phi) is 5.81. The van der Waals surface area contributed by atoms with E-state index in [-0.39, 0.29) is 12.1 Å². The van der Waals surface area contributed by atoms with E-state index in [9.17, 15) is 9.59 Å². The molecule has 6 nitrogen and oxygen atoms in total. The molecule has 4 amide bonds. The molecule has 6 atom stereocenters. The zero-order valence-electron chi connectivity index (χ0n) is 18.6. The van der Waals surface area contributed by atoms with Crippen LogP contribution in [0.4, 0.5) is 21.0 Å². The summed E-state index contributed by atoms with van der Waals surface area (Å²) in [5, 5.41) is 12.0. The van der Waals surface area contributed by atoms with Gasteiger partial charge in [0.2, 0.25) is 0 Å². The van der Waals surface area contributed by atoms with Crippen LogP contribution in [0.3, 0.4) is 0 Å². The van der Waals surface area contributed by atoms with Crippen molar-refractivity contribution in [3.05, 3.63) is 23.8 Å². The molecule has 0 radical (unpaired) electrons. The maximum atomic E-state index is 12.5. The number of benzene rings is 1. The van der Waals surface area contributed by atoms with Crippen LogP contribution < -0.4 is 21.3 Å². The van der Waals surface area contributed by atoms with Gasteiger partial charge >= 0.3 is 12.1 Å². The predicted molar refractivity (Wildman–Crippen MR) is 123 cm³/mol. The lowest BCUT2D eigenvalue weighted by Crippen LogP contribution is -2.35. The minimum Gasteiger partial charge on any atom is -0.338 e. The Morgan fingerprint density at radius 2 is 1.39 bits per heavy atom. The fourth-order valence-electron chi connectivity index (χ4n) is 6.88. The van der Waals surface area contributed by atoms with Crippen molar-refractivity contribution < 1.29 is 9.59 Å². The number of anilines is 2. The van der Waals surface area contributed by atoms with Crippen LogP contribution in [-0.2, 0) is 0 Å². The average Bonchev–Trinajstić information content (AvgIpc) is 3.55. The van der Waals surface area contributed by atoms with Gasteiger partial charge in [-0.15, -0.1) is 0 Å². The molecule has 1 aromatic rings. The smallest absolute Gasteiger partial charge is 0.319 e. The molecule has 4 saturated carbocycles. The van der Waals surface area contributed by atoms with Crippen LogP contribution in [-0.4, -0.2) is 25.2 Å². The highest BCUT2D eigenvalue weighted by molar-refractivity contribution is 5.93. The van der Waals surface area contributed by atoms with Crippen LogP contribution in [0.2, 0.25) is 0 Å². The number of amides is 4. The third kappa shape index (κ3) is 4.68. The van der Waals surface area contributed by atoms with Crippen molar-refractivity contribution in [3.63, 3.8) is 0 Å². The standard InChI is InChI=1S/C25H36N4O2/c1-15-2-7-22(28-24(30)26-13-20-10-16-3-5-18(20)8-16)12-23(15)29-25(31)27-14-21-11-17-4-6-19(21)9-17/h2,7,12,16-21H,3-6,8-11,13-14H2,1H3,(H2,26,28,30)(H2,27,29,31)/t16-,17+,18-,19-,20+,21-/m1/s1. The van der Waals surface area contributed by atoms with Crippen LogP contribution in [0.5, 0.6) is 0 Å². The molecule has 5 rings (SSSR count). The number of fused-ring (bicyclic) bond motifs is 4. The van der Waals surface area contributed by atoms with Crippen molar-refractivity contribution in [1.29, 1.82) is 0 Å². The van der Waals surface area contributed by atoms with Crippen molar-refractivity contribution in [3.8, 4) is 0 Å². The van der Waals surface area contributed by atoms with Crippen LogP contribution >= 0.6 is 0 Å². The van der Waals surface area contributed by atoms with Crippen molar-refractivity contribution in [2.45, 2.75) is 58.3 Å². The normalized spacial score (nSPS) is 32.8. The summed E-state index contributed by atoms with van der Waals surface area (Å²) in [5.41, 5.74) is 2.40. The molecular formula is C25H36N4O2. The molecule has 4 N–H and O–H groups in total. The second-order valence-corrected chi connectivity index (χ2v) is 10.6. The summed E-state index contributed by atoms with van der Waals surface area (Å²) in [6, 6.07) is 5.31. The van der Waals surface area contributed by atoms with E-state index >= 15 is 0 Å². The average molecular weight is 425 g/mol. The number of nitrogens with one attached hydrogen (secondary N) is 4. The third-order valence-electron chi connectivity index (χ3n) is 8.56. The fraction of sp³-hybridized carbons (Fsp3) is 0.680.